The van der Waals surface area contributed by atoms with Gasteiger partial charge in [0.05, 0.1) is 6.10 Å². The maximum absolute atomic E-state index is 6.49. The van der Waals surface area contributed by atoms with Crippen LogP contribution in [-0.4, -0.2) is 14.4 Å². The van der Waals surface area contributed by atoms with Crippen LogP contribution in [0, 0.1) is 0 Å². The third-order valence-corrected chi connectivity index (χ3v) is 7.46. The van der Waals surface area contributed by atoms with Crippen molar-refractivity contribution in [3.8, 4) is 11.5 Å². The minimum atomic E-state index is -1.71. The van der Waals surface area contributed by atoms with E-state index in [1.807, 2.05) is 18.2 Å². The number of para-hydroxylation sites is 2. The van der Waals surface area contributed by atoms with Gasteiger partial charge in [0, 0.05) is 0 Å². The summed E-state index contributed by atoms with van der Waals surface area (Å²) in [6, 6.07) is 8.11. The standard InChI is InChI=1S/C17H28O2Si/c1-14(2)18-16-12-8-9-13-17(16)19-20(3,4)15-10-6-5-7-11-15/h8-9,12-15H,5-7,10-11H2,1-4H3. The zero-order chi connectivity index (χ0) is 14.6. The van der Waals surface area contributed by atoms with Gasteiger partial charge in [-0.15, -0.1) is 0 Å². The highest BCUT2D eigenvalue weighted by Gasteiger charge is 2.36. The smallest absolute Gasteiger partial charge is 0.248 e. The second-order valence-corrected chi connectivity index (χ2v) is 10.9. The van der Waals surface area contributed by atoms with E-state index in [4.69, 9.17) is 9.16 Å². The van der Waals surface area contributed by atoms with Crippen molar-refractivity contribution >= 4 is 8.32 Å². The molecule has 0 aromatic heterocycles. The fourth-order valence-electron chi connectivity index (χ4n) is 3.05. The molecule has 1 fully saturated rings. The number of hydrogen-bond acceptors (Lipinski definition) is 2. The summed E-state index contributed by atoms with van der Waals surface area (Å²) >= 11 is 0. The minimum Gasteiger partial charge on any atom is -0.541 e. The van der Waals surface area contributed by atoms with Crippen molar-refractivity contribution in [2.75, 3.05) is 0 Å². The van der Waals surface area contributed by atoms with Crippen molar-refractivity contribution in [3.05, 3.63) is 24.3 Å². The maximum Gasteiger partial charge on any atom is 0.248 e. The molecule has 112 valence electrons. The lowest BCUT2D eigenvalue weighted by molar-refractivity contribution is 0.235. The Kier molecular flexibility index (Phi) is 5.14. The van der Waals surface area contributed by atoms with Gasteiger partial charge in [-0.1, -0.05) is 31.4 Å². The highest BCUT2D eigenvalue weighted by atomic mass is 28.4. The van der Waals surface area contributed by atoms with Crippen LogP contribution in [0.1, 0.15) is 46.0 Å². The molecule has 3 heteroatoms. The average Bonchev–Trinajstić information content (AvgIpc) is 2.41. The SMILES string of the molecule is CC(C)Oc1ccccc1O[Si](C)(C)C1CCCCC1. The minimum absolute atomic E-state index is 0.180. The van der Waals surface area contributed by atoms with Gasteiger partial charge in [0.2, 0.25) is 8.32 Å². The van der Waals surface area contributed by atoms with Crippen LogP contribution in [0.3, 0.4) is 0 Å². The quantitative estimate of drug-likeness (QED) is 0.677. The van der Waals surface area contributed by atoms with E-state index in [1.165, 1.54) is 32.1 Å². The molecule has 0 saturated heterocycles. The van der Waals surface area contributed by atoms with E-state index in [1.54, 1.807) is 0 Å². The molecule has 1 aliphatic rings. The van der Waals surface area contributed by atoms with Gasteiger partial charge in [-0.25, -0.2) is 0 Å². The second kappa shape index (κ2) is 6.66. The molecule has 1 saturated carbocycles. The highest BCUT2D eigenvalue weighted by Crippen LogP contribution is 2.40. The normalized spacial score (nSPS) is 17.2. The zero-order valence-corrected chi connectivity index (χ0v) is 14.3. The Balaban J connectivity index is 2.11. The molecular formula is C17H28O2Si. The van der Waals surface area contributed by atoms with Gasteiger partial charge in [-0.2, -0.15) is 0 Å². The molecule has 0 aliphatic heterocycles. The van der Waals surface area contributed by atoms with E-state index in [9.17, 15) is 0 Å². The lowest BCUT2D eigenvalue weighted by atomic mass is 10.0. The third kappa shape index (κ3) is 4.01. The van der Waals surface area contributed by atoms with Crippen molar-refractivity contribution in [1.82, 2.24) is 0 Å². The van der Waals surface area contributed by atoms with E-state index in [0.29, 0.717) is 0 Å². The summed E-state index contributed by atoms with van der Waals surface area (Å²) in [7, 11) is -1.71. The first-order chi connectivity index (χ1) is 9.49. The lowest BCUT2D eigenvalue weighted by Crippen LogP contribution is -2.41. The molecule has 0 radical (unpaired) electrons. The van der Waals surface area contributed by atoms with Gasteiger partial charge in [0.25, 0.3) is 0 Å². The molecule has 0 heterocycles. The molecule has 20 heavy (non-hydrogen) atoms. The van der Waals surface area contributed by atoms with Crippen LogP contribution in [0.2, 0.25) is 18.6 Å². The summed E-state index contributed by atoms with van der Waals surface area (Å²) in [5.41, 5.74) is 0.781. The molecule has 0 unspecified atom stereocenters. The number of benzene rings is 1. The predicted octanol–water partition coefficient (Wildman–Crippen LogP) is 5.39. The molecule has 0 N–H and O–H groups in total. The van der Waals surface area contributed by atoms with Crippen LogP contribution in [0.15, 0.2) is 24.3 Å². The van der Waals surface area contributed by atoms with Gasteiger partial charge in [-0.05, 0) is 57.5 Å². The number of rotatable bonds is 5. The maximum atomic E-state index is 6.49. The fourth-order valence-corrected chi connectivity index (χ4v) is 5.75. The van der Waals surface area contributed by atoms with Gasteiger partial charge < -0.3 is 9.16 Å². The van der Waals surface area contributed by atoms with E-state index in [0.717, 1.165) is 17.0 Å². The summed E-state index contributed by atoms with van der Waals surface area (Å²) in [5.74, 6) is 1.82. The van der Waals surface area contributed by atoms with Crippen LogP contribution in [0.4, 0.5) is 0 Å². The Morgan fingerprint density at radius 3 is 2.20 bits per heavy atom. The molecule has 1 aromatic carbocycles. The van der Waals surface area contributed by atoms with E-state index in [2.05, 4.69) is 33.0 Å². The van der Waals surface area contributed by atoms with Crippen LogP contribution in [-0.2, 0) is 0 Å². The summed E-state index contributed by atoms with van der Waals surface area (Å²) in [6.45, 7) is 8.82. The van der Waals surface area contributed by atoms with Crippen molar-refractivity contribution in [2.24, 2.45) is 0 Å². The second-order valence-electron chi connectivity index (χ2n) is 6.65. The Bertz CT molecular complexity index is 423. The highest BCUT2D eigenvalue weighted by molar-refractivity contribution is 6.73. The summed E-state index contributed by atoms with van der Waals surface area (Å²) < 4.78 is 12.4. The Morgan fingerprint density at radius 2 is 1.60 bits per heavy atom. The van der Waals surface area contributed by atoms with Crippen molar-refractivity contribution in [1.29, 1.82) is 0 Å². The first-order valence-electron chi connectivity index (χ1n) is 7.94. The Hall–Kier alpha value is -0.963. The average molecular weight is 292 g/mol. The molecule has 0 amide bonds. The molecule has 1 aliphatic carbocycles. The van der Waals surface area contributed by atoms with Gasteiger partial charge in [-0.3, -0.25) is 0 Å². The van der Waals surface area contributed by atoms with Crippen LogP contribution >= 0.6 is 0 Å². The van der Waals surface area contributed by atoms with Crippen LogP contribution < -0.4 is 9.16 Å². The fraction of sp³-hybridized carbons (Fsp3) is 0.647. The monoisotopic (exact) mass is 292 g/mol. The molecule has 0 bridgehead atoms. The van der Waals surface area contributed by atoms with Gasteiger partial charge in [0.1, 0.15) is 5.75 Å². The molecule has 2 nitrogen and oxygen atoms in total. The molecular weight excluding hydrogens is 264 g/mol. The summed E-state index contributed by atoms with van der Waals surface area (Å²) in [4.78, 5) is 0. The van der Waals surface area contributed by atoms with E-state index < -0.39 is 8.32 Å². The Morgan fingerprint density at radius 1 is 1.00 bits per heavy atom. The van der Waals surface area contributed by atoms with Crippen LogP contribution in [0.5, 0.6) is 11.5 Å². The van der Waals surface area contributed by atoms with Gasteiger partial charge >= 0.3 is 0 Å². The third-order valence-electron chi connectivity index (χ3n) is 4.17. The summed E-state index contributed by atoms with van der Waals surface area (Å²) in [5, 5.41) is 0. The molecule has 0 spiro atoms. The zero-order valence-electron chi connectivity index (χ0n) is 13.3. The first-order valence-corrected chi connectivity index (χ1v) is 10.9. The number of ether oxygens (including phenoxy) is 1. The molecule has 1 aromatic rings. The topological polar surface area (TPSA) is 18.5 Å². The van der Waals surface area contributed by atoms with Crippen molar-refractivity contribution in [3.63, 3.8) is 0 Å². The number of hydrogen-bond donors (Lipinski definition) is 0. The van der Waals surface area contributed by atoms with E-state index in [-0.39, 0.29) is 6.10 Å². The largest absolute Gasteiger partial charge is 0.541 e. The van der Waals surface area contributed by atoms with Crippen molar-refractivity contribution in [2.45, 2.75) is 70.7 Å². The lowest BCUT2D eigenvalue weighted by Gasteiger charge is -2.35. The summed E-state index contributed by atoms with van der Waals surface area (Å²) in [6.07, 6.45) is 7.00. The van der Waals surface area contributed by atoms with E-state index >= 15 is 0 Å². The van der Waals surface area contributed by atoms with Crippen LogP contribution in [0.25, 0.3) is 0 Å². The molecule has 2 rings (SSSR count). The Labute approximate surface area is 124 Å². The molecule has 0 atom stereocenters. The first kappa shape index (κ1) is 15.4. The predicted molar refractivity (Wildman–Crippen MR) is 87.2 cm³/mol. The van der Waals surface area contributed by atoms with Gasteiger partial charge in [0.15, 0.2) is 5.75 Å². The van der Waals surface area contributed by atoms with Crippen molar-refractivity contribution < 1.29 is 9.16 Å².